The van der Waals surface area contributed by atoms with Crippen LogP contribution < -0.4 is 11.1 Å². The number of carbonyl (C=O) groups is 1. The van der Waals surface area contributed by atoms with Gasteiger partial charge in [-0.15, -0.1) is 6.58 Å². The molecule has 0 bridgehead atoms. The number of nitrogens with one attached hydrogen (secondary N) is 2. The fourth-order valence-electron chi connectivity index (χ4n) is 2.42. The minimum absolute atomic E-state index is 0.176. The van der Waals surface area contributed by atoms with E-state index in [4.69, 9.17) is 5.73 Å². The molecule has 2 atom stereocenters. The summed E-state index contributed by atoms with van der Waals surface area (Å²) in [4.78, 5) is 14.8. The molecule has 4 N–H and O–H groups in total. The Balaban J connectivity index is 2.15. The van der Waals surface area contributed by atoms with Gasteiger partial charge in [-0.3, -0.25) is 4.79 Å². The van der Waals surface area contributed by atoms with E-state index in [1.54, 1.807) is 0 Å². The van der Waals surface area contributed by atoms with Gasteiger partial charge in [0.2, 0.25) is 5.91 Å². The number of aromatic nitrogens is 1. The number of carbonyl (C=O) groups excluding carboxylic acids is 1. The van der Waals surface area contributed by atoms with Crippen LogP contribution in [0.4, 0.5) is 0 Å². The van der Waals surface area contributed by atoms with Gasteiger partial charge in [0.1, 0.15) is 0 Å². The van der Waals surface area contributed by atoms with E-state index in [2.05, 4.69) is 16.9 Å². The molecule has 0 aliphatic rings. The zero-order valence-corrected chi connectivity index (χ0v) is 11.7. The number of amides is 1. The first kappa shape index (κ1) is 14.3. The molecule has 2 rings (SSSR count). The molecule has 0 saturated heterocycles. The highest BCUT2D eigenvalue weighted by Crippen LogP contribution is 2.19. The molecule has 2 aromatic rings. The first-order valence-electron chi connectivity index (χ1n) is 6.83. The Labute approximate surface area is 119 Å². The highest BCUT2D eigenvalue weighted by molar-refractivity contribution is 5.85. The quantitative estimate of drug-likeness (QED) is 0.675. The van der Waals surface area contributed by atoms with Crippen molar-refractivity contribution in [1.29, 1.82) is 0 Å². The Morgan fingerprint density at radius 2 is 2.25 bits per heavy atom. The molecule has 0 aliphatic carbocycles. The van der Waals surface area contributed by atoms with Gasteiger partial charge < -0.3 is 16.0 Å². The van der Waals surface area contributed by atoms with Crippen LogP contribution in [0.2, 0.25) is 0 Å². The van der Waals surface area contributed by atoms with Gasteiger partial charge in [0.25, 0.3) is 0 Å². The topological polar surface area (TPSA) is 70.9 Å². The Hall–Kier alpha value is -2.07. The maximum atomic E-state index is 11.6. The largest absolute Gasteiger partial charge is 0.368 e. The summed E-state index contributed by atoms with van der Waals surface area (Å²) in [5, 5.41) is 4.40. The predicted molar refractivity (Wildman–Crippen MR) is 82.4 cm³/mol. The molecule has 4 nitrogen and oxygen atoms in total. The Morgan fingerprint density at radius 1 is 1.50 bits per heavy atom. The summed E-state index contributed by atoms with van der Waals surface area (Å²) in [7, 11) is 0. The smallest absolute Gasteiger partial charge is 0.234 e. The highest BCUT2D eigenvalue weighted by atomic mass is 16.1. The lowest BCUT2D eigenvalue weighted by atomic mass is 10.0. The number of benzene rings is 1. The fourth-order valence-corrected chi connectivity index (χ4v) is 2.42. The third-order valence-corrected chi connectivity index (χ3v) is 3.45. The second-order valence-corrected chi connectivity index (χ2v) is 5.11. The second-order valence-electron chi connectivity index (χ2n) is 5.11. The molecule has 4 heteroatoms. The Kier molecular flexibility index (Phi) is 4.58. The van der Waals surface area contributed by atoms with E-state index >= 15 is 0 Å². The number of rotatable bonds is 7. The van der Waals surface area contributed by atoms with Crippen LogP contribution in [0.3, 0.4) is 0 Å². The molecule has 20 heavy (non-hydrogen) atoms. The van der Waals surface area contributed by atoms with Crippen molar-refractivity contribution >= 4 is 16.8 Å². The van der Waals surface area contributed by atoms with Crippen LogP contribution in [-0.2, 0) is 11.2 Å². The summed E-state index contributed by atoms with van der Waals surface area (Å²) >= 11 is 0. The van der Waals surface area contributed by atoms with Gasteiger partial charge in [-0.05, 0) is 31.4 Å². The maximum Gasteiger partial charge on any atom is 0.234 e. The van der Waals surface area contributed by atoms with Crippen LogP contribution in [0.1, 0.15) is 18.9 Å². The van der Waals surface area contributed by atoms with E-state index in [9.17, 15) is 4.79 Å². The minimum atomic E-state index is -0.371. The number of primary amides is 1. The van der Waals surface area contributed by atoms with Gasteiger partial charge in [-0.25, -0.2) is 0 Å². The third-order valence-electron chi connectivity index (χ3n) is 3.45. The van der Waals surface area contributed by atoms with E-state index in [0.29, 0.717) is 6.42 Å². The van der Waals surface area contributed by atoms with Crippen LogP contribution in [0, 0.1) is 0 Å². The Morgan fingerprint density at radius 3 is 2.95 bits per heavy atom. The van der Waals surface area contributed by atoms with E-state index < -0.39 is 0 Å². The van der Waals surface area contributed by atoms with Gasteiger partial charge >= 0.3 is 0 Å². The molecular formula is C16H21N3O. The summed E-state index contributed by atoms with van der Waals surface area (Å²) in [5.41, 5.74) is 7.68. The van der Waals surface area contributed by atoms with Crippen molar-refractivity contribution in [2.24, 2.45) is 5.73 Å². The Bertz CT molecular complexity index is 603. The van der Waals surface area contributed by atoms with Crippen LogP contribution in [-0.4, -0.2) is 23.0 Å². The summed E-state index contributed by atoms with van der Waals surface area (Å²) in [6.45, 7) is 5.73. The molecule has 0 spiro atoms. The molecule has 1 unspecified atom stereocenters. The summed E-state index contributed by atoms with van der Waals surface area (Å²) < 4.78 is 0. The van der Waals surface area contributed by atoms with Crippen LogP contribution in [0.15, 0.2) is 43.1 Å². The number of para-hydroxylation sites is 1. The maximum absolute atomic E-state index is 11.6. The van der Waals surface area contributed by atoms with Crippen LogP contribution >= 0.6 is 0 Å². The van der Waals surface area contributed by atoms with Gasteiger partial charge in [0, 0.05) is 23.1 Å². The summed E-state index contributed by atoms with van der Waals surface area (Å²) in [6.07, 6.45) is 5.17. The van der Waals surface area contributed by atoms with Crippen LogP contribution in [0.25, 0.3) is 10.9 Å². The average Bonchev–Trinajstić information content (AvgIpc) is 2.82. The highest BCUT2D eigenvalue weighted by Gasteiger charge is 2.19. The van der Waals surface area contributed by atoms with Crippen molar-refractivity contribution in [2.45, 2.75) is 31.8 Å². The molecular weight excluding hydrogens is 250 g/mol. The van der Waals surface area contributed by atoms with Crippen molar-refractivity contribution in [3.63, 3.8) is 0 Å². The lowest BCUT2D eigenvalue weighted by molar-refractivity contribution is -0.120. The van der Waals surface area contributed by atoms with E-state index in [1.165, 1.54) is 0 Å². The molecule has 1 aromatic heterocycles. The third kappa shape index (κ3) is 3.27. The van der Waals surface area contributed by atoms with Crippen molar-refractivity contribution in [1.82, 2.24) is 10.3 Å². The molecule has 1 amide bonds. The van der Waals surface area contributed by atoms with Gasteiger partial charge in [-0.2, -0.15) is 0 Å². The van der Waals surface area contributed by atoms with E-state index in [0.717, 1.165) is 22.9 Å². The summed E-state index contributed by atoms with van der Waals surface area (Å²) in [6, 6.07) is 7.85. The van der Waals surface area contributed by atoms with Gasteiger partial charge in [0.15, 0.2) is 0 Å². The van der Waals surface area contributed by atoms with Crippen molar-refractivity contribution in [3.05, 3.63) is 48.7 Å². The summed E-state index contributed by atoms with van der Waals surface area (Å²) in [5.74, 6) is -0.328. The predicted octanol–water partition coefficient (Wildman–Crippen LogP) is 2.12. The van der Waals surface area contributed by atoms with E-state index in [1.807, 2.05) is 43.5 Å². The lowest BCUT2D eigenvalue weighted by Gasteiger charge is -2.19. The number of hydrogen-bond acceptors (Lipinski definition) is 2. The number of hydrogen-bond donors (Lipinski definition) is 3. The fraction of sp³-hybridized carbons (Fsp3) is 0.312. The molecule has 0 aliphatic heterocycles. The number of nitrogens with two attached hydrogens (primary N) is 1. The zero-order chi connectivity index (χ0) is 14.5. The minimum Gasteiger partial charge on any atom is -0.368 e. The van der Waals surface area contributed by atoms with Crippen molar-refractivity contribution < 1.29 is 4.79 Å². The van der Waals surface area contributed by atoms with Crippen molar-refractivity contribution in [3.8, 4) is 0 Å². The monoisotopic (exact) mass is 271 g/mol. The van der Waals surface area contributed by atoms with E-state index in [-0.39, 0.29) is 18.0 Å². The molecule has 0 saturated carbocycles. The van der Waals surface area contributed by atoms with Crippen LogP contribution in [0.5, 0.6) is 0 Å². The van der Waals surface area contributed by atoms with Gasteiger partial charge in [0.05, 0.1) is 6.04 Å². The SMILES string of the molecule is C=CCC(C)N[C@@H](Cc1c[nH]c2ccccc12)C(N)=O. The zero-order valence-electron chi connectivity index (χ0n) is 11.7. The number of fused-ring (bicyclic) bond motifs is 1. The average molecular weight is 271 g/mol. The number of aromatic amines is 1. The molecule has 1 aromatic carbocycles. The lowest BCUT2D eigenvalue weighted by Crippen LogP contribution is -2.46. The normalized spacial score (nSPS) is 14.1. The molecule has 0 fully saturated rings. The van der Waals surface area contributed by atoms with Crippen molar-refractivity contribution in [2.75, 3.05) is 0 Å². The molecule has 1 heterocycles. The first-order valence-corrected chi connectivity index (χ1v) is 6.83. The molecule has 0 radical (unpaired) electrons. The second kappa shape index (κ2) is 6.39. The first-order chi connectivity index (χ1) is 9.61. The molecule has 106 valence electrons. The van der Waals surface area contributed by atoms with Gasteiger partial charge in [-0.1, -0.05) is 24.3 Å². The standard InChI is InChI=1S/C16H21N3O/c1-3-6-11(2)19-15(16(17)20)9-12-10-18-14-8-5-4-7-13(12)14/h3-5,7-8,10-11,15,18-19H,1,6,9H2,2H3,(H2,17,20)/t11?,15-/m0/s1. The number of H-pyrrole nitrogens is 1.